The van der Waals surface area contributed by atoms with Crippen LogP contribution < -0.4 is 5.73 Å². The third kappa shape index (κ3) is 2.29. The Morgan fingerprint density at radius 2 is 2.06 bits per heavy atom. The summed E-state index contributed by atoms with van der Waals surface area (Å²) in [5.41, 5.74) is 5.83. The third-order valence-corrected chi connectivity index (χ3v) is 5.62. The summed E-state index contributed by atoms with van der Waals surface area (Å²) in [5.74, 6) is 3.49. The molecular formula is C15H26N2O. The van der Waals surface area contributed by atoms with E-state index in [2.05, 4.69) is 0 Å². The van der Waals surface area contributed by atoms with Gasteiger partial charge in [-0.25, -0.2) is 0 Å². The minimum atomic E-state index is 0.302. The molecule has 0 aliphatic heterocycles. The van der Waals surface area contributed by atoms with Crippen LogP contribution in [0.4, 0.5) is 0 Å². The molecule has 18 heavy (non-hydrogen) atoms. The van der Waals surface area contributed by atoms with Crippen molar-refractivity contribution in [1.82, 2.24) is 4.90 Å². The summed E-state index contributed by atoms with van der Waals surface area (Å²) < 4.78 is 0. The Balaban J connectivity index is 1.54. The van der Waals surface area contributed by atoms with Gasteiger partial charge in [-0.3, -0.25) is 4.79 Å². The van der Waals surface area contributed by atoms with Crippen LogP contribution in [0, 0.1) is 23.7 Å². The molecule has 102 valence electrons. The summed E-state index contributed by atoms with van der Waals surface area (Å²) in [7, 11) is 1.96. The maximum Gasteiger partial charge on any atom is 0.222 e. The molecule has 0 saturated heterocycles. The number of hydrogen-bond acceptors (Lipinski definition) is 2. The van der Waals surface area contributed by atoms with Crippen molar-refractivity contribution in [1.29, 1.82) is 0 Å². The second kappa shape index (κ2) is 4.84. The van der Waals surface area contributed by atoms with Gasteiger partial charge in [0.1, 0.15) is 0 Å². The smallest absolute Gasteiger partial charge is 0.222 e. The average Bonchev–Trinajstić information content (AvgIpc) is 2.98. The fraction of sp³-hybridized carbons (Fsp3) is 0.933. The molecule has 0 radical (unpaired) electrons. The molecule has 3 saturated carbocycles. The van der Waals surface area contributed by atoms with Crippen LogP contribution in [0.15, 0.2) is 0 Å². The zero-order valence-electron chi connectivity index (χ0n) is 11.5. The van der Waals surface area contributed by atoms with E-state index in [1.807, 2.05) is 11.9 Å². The van der Waals surface area contributed by atoms with Gasteiger partial charge in [0.2, 0.25) is 5.91 Å². The summed E-state index contributed by atoms with van der Waals surface area (Å²) in [4.78, 5) is 14.3. The molecule has 0 aromatic carbocycles. The number of fused-ring (bicyclic) bond motifs is 2. The summed E-state index contributed by atoms with van der Waals surface area (Å²) in [6.07, 6.45) is 8.78. The third-order valence-electron chi connectivity index (χ3n) is 5.62. The zero-order valence-corrected chi connectivity index (χ0v) is 11.5. The van der Waals surface area contributed by atoms with Gasteiger partial charge in [0.25, 0.3) is 0 Å². The van der Waals surface area contributed by atoms with E-state index in [-0.39, 0.29) is 0 Å². The lowest BCUT2D eigenvalue weighted by atomic mass is 9.86. The zero-order chi connectivity index (χ0) is 12.7. The quantitative estimate of drug-likeness (QED) is 0.811. The van der Waals surface area contributed by atoms with Gasteiger partial charge in [0, 0.05) is 26.1 Å². The molecular weight excluding hydrogens is 224 g/mol. The fourth-order valence-electron chi connectivity index (χ4n) is 4.33. The summed E-state index contributed by atoms with van der Waals surface area (Å²) in [6.45, 7) is 0.629. The van der Waals surface area contributed by atoms with Crippen LogP contribution in [0.2, 0.25) is 0 Å². The highest BCUT2D eigenvalue weighted by molar-refractivity contribution is 5.76. The molecule has 3 aliphatic rings. The largest absolute Gasteiger partial charge is 0.341 e. The van der Waals surface area contributed by atoms with Crippen LogP contribution in [0.5, 0.6) is 0 Å². The highest BCUT2D eigenvalue weighted by Crippen LogP contribution is 2.49. The number of carbonyl (C=O) groups excluding carboxylic acids is 1. The van der Waals surface area contributed by atoms with Crippen LogP contribution >= 0.6 is 0 Å². The van der Waals surface area contributed by atoms with Crippen molar-refractivity contribution in [3.05, 3.63) is 0 Å². The van der Waals surface area contributed by atoms with Gasteiger partial charge in [0.05, 0.1) is 0 Å². The van der Waals surface area contributed by atoms with Gasteiger partial charge in [0.15, 0.2) is 0 Å². The highest BCUT2D eigenvalue weighted by atomic mass is 16.2. The molecule has 2 N–H and O–H groups in total. The number of hydrogen-bond donors (Lipinski definition) is 1. The fourth-order valence-corrected chi connectivity index (χ4v) is 4.33. The Kier molecular flexibility index (Phi) is 3.35. The summed E-state index contributed by atoms with van der Waals surface area (Å²) in [5, 5.41) is 0. The van der Waals surface area contributed by atoms with Crippen molar-refractivity contribution in [2.75, 3.05) is 13.6 Å². The molecule has 2 bridgehead atoms. The number of carbonyl (C=O) groups is 1. The maximum atomic E-state index is 12.4. The Hall–Kier alpha value is -0.570. The molecule has 3 rings (SSSR count). The van der Waals surface area contributed by atoms with E-state index in [9.17, 15) is 4.79 Å². The van der Waals surface area contributed by atoms with Gasteiger partial charge >= 0.3 is 0 Å². The van der Waals surface area contributed by atoms with Crippen molar-refractivity contribution in [2.24, 2.45) is 29.4 Å². The monoisotopic (exact) mass is 250 g/mol. The number of rotatable bonds is 5. The van der Waals surface area contributed by atoms with Gasteiger partial charge < -0.3 is 10.6 Å². The standard InChI is InChI=1S/C15H26N2O/c1-17(14(9-16)11-4-5-11)15(18)8-13-7-10-2-3-12(13)6-10/h10-14H,2-9,16H2,1H3. The first-order valence-corrected chi connectivity index (χ1v) is 7.64. The first-order valence-electron chi connectivity index (χ1n) is 7.64. The predicted molar refractivity (Wildman–Crippen MR) is 71.9 cm³/mol. The number of nitrogens with two attached hydrogens (primary N) is 1. The number of amides is 1. The topological polar surface area (TPSA) is 46.3 Å². The molecule has 3 heteroatoms. The van der Waals surface area contributed by atoms with E-state index in [4.69, 9.17) is 5.73 Å². The lowest BCUT2D eigenvalue weighted by Gasteiger charge is -2.30. The minimum Gasteiger partial charge on any atom is -0.341 e. The van der Waals surface area contributed by atoms with E-state index < -0.39 is 0 Å². The normalized spacial score (nSPS) is 35.8. The Bertz CT molecular complexity index is 326. The molecule has 4 unspecified atom stereocenters. The van der Waals surface area contributed by atoms with Gasteiger partial charge in [-0.15, -0.1) is 0 Å². The highest BCUT2D eigenvalue weighted by Gasteiger charge is 2.41. The molecule has 1 amide bonds. The summed E-state index contributed by atoms with van der Waals surface area (Å²) >= 11 is 0. The molecule has 0 spiro atoms. The minimum absolute atomic E-state index is 0.302. The van der Waals surface area contributed by atoms with Crippen LogP contribution in [0.25, 0.3) is 0 Å². The van der Waals surface area contributed by atoms with Crippen molar-refractivity contribution in [3.63, 3.8) is 0 Å². The lowest BCUT2D eigenvalue weighted by molar-refractivity contribution is -0.133. The predicted octanol–water partition coefficient (Wildman–Crippen LogP) is 2.01. The number of nitrogens with zero attached hydrogens (tertiary/aromatic N) is 1. The van der Waals surface area contributed by atoms with Crippen LogP contribution in [0.3, 0.4) is 0 Å². The second-order valence-electron chi connectivity index (χ2n) is 6.78. The van der Waals surface area contributed by atoms with Crippen LogP contribution in [-0.2, 0) is 4.79 Å². The van der Waals surface area contributed by atoms with Crippen LogP contribution in [-0.4, -0.2) is 30.4 Å². The first-order chi connectivity index (χ1) is 8.69. The SMILES string of the molecule is CN(C(=O)CC1CC2CCC1C2)C(CN)C1CC1. The van der Waals surface area contributed by atoms with E-state index in [0.717, 1.165) is 18.3 Å². The second-order valence-corrected chi connectivity index (χ2v) is 6.78. The average molecular weight is 250 g/mol. The van der Waals surface area contributed by atoms with E-state index in [1.165, 1.54) is 38.5 Å². The van der Waals surface area contributed by atoms with E-state index >= 15 is 0 Å². The molecule has 0 aromatic rings. The van der Waals surface area contributed by atoms with E-state index in [1.54, 1.807) is 0 Å². The van der Waals surface area contributed by atoms with E-state index in [0.29, 0.717) is 30.3 Å². The Morgan fingerprint density at radius 3 is 2.56 bits per heavy atom. The van der Waals surface area contributed by atoms with Crippen molar-refractivity contribution in [2.45, 2.75) is 51.0 Å². The van der Waals surface area contributed by atoms with Gasteiger partial charge in [-0.05, 0) is 55.8 Å². The Morgan fingerprint density at radius 1 is 1.28 bits per heavy atom. The Labute approximate surface area is 110 Å². The van der Waals surface area contributed by atoms with Crippen molar-refractivity contribution in [3.8, 4) is 0 Å². The maximum absolute atomic E-state index is 12.4. The van der Waals surface area contributed by atoms with Crippen LogP contribution in [0.1, 0.15) is 44.9 Å². The lowest BCUT2D eigenvalue weighted by Crippen LogP contribution is -2.44. The number of likely N-dealkylation sites (N-methyl/N-ethyl adjacent to an activating group) is 1. The van der Waals surface area contributed by atoms with Crippen molar-refractivity contribution < 1.29 is 4.79 Å². The van der Waals surface area contributed by atoms with Gasteiger partial charge in [-0.1, -0.05) is 6.42 Å². The first kappa shape index (κ1) is 12.5. The van der Waals surface area contributed by atoms with Gasteiger partial charge in [-0.2, -0.15) is 0 Å². The molecule has 3 fully saturated rings. The molecule has 3 nitrogen and oxygen atoms in total. The summed E-state index contributed by atoms with van der Waals surface area (Å²) in [6, 6.07) is 0.302. The molecule has 4 atom stereocenters. The molecule has 3 aliphatic carbocycles. The van der Waals surface area contributed by atoms with Crippen molar-refractivity contribution >= 4 is 5.91 Å². The molecule has 0 aromatic heterocycles. The molecule has 0 heterocycles.